The average molecular weight is 460 g/mol. The van der Waals surface area contributed by atoms with Crippen LogP contribution in [0, 0.1) is 0 Å². The van der Waals surface area contributed by atoms with E-state index < -0.39 is 5.54 Å². The molecule has 164 valence electrons. The molecule has 3 heterocycles. The first-order valence-corrected chi connectivity index (χ1v) is 12.4. The van der Waals surface area contributed by atoms with Crippen molar-refractivity contribution in [2.45, 2.75) is 25.3 Å². The van der Waals surface area contributed by atoms with E-state index in [1.165, 1.54) is 11.3 Å². The van der Waals surface area contributed by atoms with Gasteiger partial charge in [0.15, 0.2) is 0 Å². The first-order chi connectivity index (χ1) is 15.0. The van der Waals surface area contributed by atoms with Gasteiger partial charge in [-0.2, -0.15) is 11.8 Å². The van der Waals surface area contributed by atoms with Crippen LogP contribution in [0.15, 0.2) is 29.3 Å². The number of carbonyl (C=O) groups excluding carboxylic acids is 3. The van der Waals surface area contributed by atoms with Gasteiger partial charge in [-0.05, 0) is 32.1 Å². The number of hydrogen-bond acceptors (Lipinski definition) is 6. The molecule has 0 aliphatic carbocycles. The highest BCUT2D eigenvalue weighted by atomic mass is 32.2. The lowest BCUT2D eigenvalue weighted by Gasteiger charge is -2.35. The van der Waals surface area contributed by atoms with Crippen LogP contribution in [0.1, 0.15) is 30.1 Å². The Morgan fingerprint density at radius 3 is 2.74 bits per heavy atom. The summed E-state index contributed by atoms with van der Waals surface area (Å²) in [5, 5.41) is 9.78. The van der Waals surface area contributed by atoms with Crippen molar-refractivity contribution in [1.29, 1.82) is 0 Å². The molecule has 4 rings (SSSR count). The van der Waals surface area contributed by atoms with Crippen LogP contribution < -0.4 is 16.0 Å². The maximum Gasteiger partial charge on any atom is 0.319 e. The number of thiophene rings is 1. The van der Waals surface area contributed by atoms with Crippen LogP contribution in [-0.2, 0) is 4.79 Å². The van der Waals surface area contributed by atoms with E-state index in [4.69, 9.17) is 0 Å². The minimum atomic E-state index is -0.763. The number of amides is 4. The predicted molar refractivity (Wildman–Crippen MR) is 126 cm³/mol. The van der Waals surface area contributed by atoms with Gasteiger partial charge in [0.25, 0.3) is 11.8 Å². The van der Waals surface area contributed by atoms with Gasteiger partial charge in [0.05, 0.1) is 11.3 Å². The maximum absolute atomic E-state index is 13.5. The van der Waals surface area contributed by atoms with Crippen molar-refractivity contribution in [3.05, 3.63) is 29.8 Å². The fourth-order valence-electron chi connectivity index (χ4n) is 4.02. The number of aliphatic imine (C=N–C) groups is 1. The largest absolute Gasteiger partial charge is 0.338 e. The second-order valence-corrected chi connectivity index (χ2v) is 9.47. The Hall–Kier alpha value is -2.59. The molecule has 8 nitrogen and oxygen atoms in total. The number of thioether (sulfide) groups is 1. The van der Waals surface area contributed by atoms with Gasteiger partial charge >= 0.3 is 6.03 Å². The molecule has 0 unspecified atom stereocenters. The predicted octanol–water partition coefficient (Wildman–Crippen LogP) is 2.91. The van der Waals surface area contributed by atoms with Crippen LogP contribution in [0.25, 0.3) is 10.1 Å². The number of likely N-dealkylation sites (tertiary alicyclic amines) is 1. The molecule has 10 heteroatoms. The molecular formula is C21H25N5O3S2. The van der Waals surface area contributed by atoms with Gasteiger partial charge < -0.3 is 15.5 Å². The molecule has 0 saturated carbocycles. The second kappa shape index (κ2) is 8.88. The van der Waals surface area contributed by atoms with Crippen molar-refractivity contribution in [3.63, 3.8) is 0 Å². The molecule has 2 aromatic rings. The van der Waals surface area contributed by atoms with Crippen molar-refractivity contribution < 1.29 is 14.4 Å². The SMILES string of the molecule is CCNC(=O)Nc1sc2ccccc2c1C(=O)N1CCC2(CC1)N=C(CSC)NC2=O. The zero-order valence-corrected chi connectivity index (χ0v) is 19.1. The molecule has 31 heavy (non-hydrogen) atoms. The van der Waals surface area contributed by atoms with Gasteiger partial charge in [-0.3, -0.25) is 19.9 Å². The lowest BCUT2D eigenvalue weighted by Crippen LogP contribution is -2.50. The minimum absolute atomic E-state index is 0.0665. The highest BCUT2D eigenvalue weighted by Crippen LogP contribution is 2.38. The molecule has 1 spiro atoms. The van der Waals surface area contributed by atoms with E-state index in [1.54, 1.807) is 16.7 Å². The highest BCUT2D eigenvalue weighted by molar-refractivity contribution is 7.99. The number of piperidine rings is 1. The van der Waals surface area contributed by atoms with E-state index in [0.717, 1.165) is 15.9 Å². The molecule has 1 aromatic carbocycles. The monoisotopic (exact) mass is 459 g/mol. The summed E-state index contributed by atoms with van der Waals surface area (Å²) in [6.45, 7) is 3.21. The van der Waals surface area contributed by atoms with Gasteiger partial charge in [-0.25, -0.2) is 4.79 Å². The Bertz CT molecular complexity index is 1060. The molecule has 2 aliphatic heterocycles. The standard InChI is InChI=1S/C21H25N5O3S2/c1-3-22-20(29)24-17-16(13-6-4-5-7-14(13)31-17)18(27)26-10-8-21(9-11-26)19(28)23-15(25-21)12-30-2/h4-7H,3,8-12H2,1-2H3,(H2,22,24,29)(H,23,25,28). The number of nitrogens with zero attached hydrogens (tertiary/aromatic N) is 2. The molecule has 0 atom stereocenters. The molecule has 0 bridgehead atoms. The summed E-state index contributed by atoms with van der Waals surface area (Å²) < 4.78 is 0.938. The zero-order chi connectivity index (χ0) is 22.0. The number of rotatable bonds is 5. The summed E-state index contributed by atoms with van der Waals surface area (Å²) in [6.07, 6.45) is 2.95. The number of fused-ring (bicyclic) bond motifs is 1. The number of amidine groups is 1. The lowest BCUT2D eigenvalue weighted by molar-refractivity contribution is -0.125. The Kier molecular flexibility index (Phi) is 6.19. The van der Waals surface area contributed by atoms with E-state index in [-0.39, 0.29) is 17.8 Å². The number of benzene rings is 1. The Morgan fingerprint density at radius 2 is 2.03 bits per heavy atom. The van der Waals surface area contributed by atoms with E-state index >= 15 is 0 Å². The highest BCUT2D eigenvalue weighted by Gasteiger charge is 2.46. The summed E-state index contributed by atoms with van der Waals surface area (Å²) >= 11 is 3.00. The number of nitrogens with one attached hydrogen (secondary N) is 3. The van der Waals surface area contributed by atoms with Crippen LogP contribution in [-0.4, -0.2) is 65.8 Å². The van der Waals surface area contributed by atoms with Gasteiger partial charge in [-0.1, -0.05) is 18.2 Å². The molecule has 0 radical (unpaired) electrons. The first kappa shape index (κ1) is 21.6. The zero-order valence-electron chi connectivity index (χ0n) is 17.5. The first-order valence-electron chi connectivity index (χ1n) is 10.2. The van der Waals surface area contributed by atoms with Crippen molar-refractivity contribution in [3.8, 4) is 0 Å². The number of anilines is 1. The Labute approximate surface area is 188 Å². The van der Waals surface area contributed by atoms with Crippen LogP contribution in [0.2, 0.25) is 0 Å². The topological polar surface area (TPSA) is 103 Å². The minimum Gasteiger partial charge on any atom is -0.338 e. The van der Waals surface area contributed by atoms with Gasteiger partial charge in [0.2, 0.25) is 0 Å². The van der Waals surface area contributed by atoms with Crippen molar-refractivity contribution in [2.75, 3.05) is 37.0 Å². The fourth-order valence-corrected chi connectivity index (χ4v) is 5.52. The summed E-state index contributed by atoms with van der Waals surface area (Å²) in [6, 6.07) is 7.31. The maximum atomic E-state index is 13.5. The third-order valence-corrected chi connectivity index (χ3v) is 7.21. The number of hydrogen-bond donors (Lipinski definition) is 3. The number of urea groups is 1. The lowest BCUT2D eigenvalue weighted by atomic mass is 9.87. The molecule has 3 N–H and O–H groups in total. The summed E-state index contributed by atoms with van der Waals surface area (Å²) in [5.41, 5.74) is -0.258. The van der Waals surface area contributed by atoms with E-state index in [9.17, 15) is 14.4 Å². The van der Waals surface area contributed by atoms with Crippen LogP contribution in [0.3, 0.4) is 0 Å². The Balaban J connectivity index is 1.57. The third-order valence-electron chi connectivity index (χ3n) is 5.56. The van der Waals surface area contributed by atoms with Gasteiger partial charge in [-0.15, -0.1) is 11.3 Å². The van der Waals surface area contributed by atoms with Crippen molar-refractivity contribution >= 4 is 61.9 Å². The van der Waals surface area contributed by atoms with Gasteiger partial charge in [0, 0.05) is 29.7 Å². The quantitative estimate of drug-likeness (QED) is 0.640. The summed E-state index contributed by atoms with van der Waals surface area (Å²) in [4.78, 5) is 44.6. The molecule has 4 amide bonds. The third kappa shape index (κ3) is 4.14. The fraction of sp³-hybridized carbons (Fsp3) is 0.429. The average Bonchev–Trinajstić information content (AvgIpc) is 3.25. The molecule has 1 saturated heterocycles. The van der Waals surface area contributed by atoms with Crippen molar-refractivity contribution in [1.82, 2.24) is 15.5 Å². The smallest absolute Gasteiger partial charge is 0.319 e. The second-order valence-electron chi connectivity index (χ2n) is 7.56. The van der Waals surface area contributed by atoms with Crippen molar-refractivity contribution in [2.24, 2.45) is 4.99 Å². The normalized spacial score (nSPS) is 17.5. The summed E-state index contributed by atoms with van der Waals surface area (Å²) in [5.74, 6) is 1.19. The van der Waals surface area contributed by atoms with Crippen LogP contribution in [0.4, 0.5) is 9.80 Å². The Morgan fingerprint density at radius 1 is 1.29 bits per heavy atom. The molecule has 1 aromatic heterocycles. The van der Waals surface area contributed by atoms with E-state index in [2.05, 4.69) is 20.9 Å². The summed E-state index contributed by atoms with van der Waals surface area (Å²) in [7, 11) is 0. The van der Waals surface area contributed by atoms with E-state index in [1.807, 2.05) is 37.4 Å². The molecule has 1 fully saturated rings. The van der Waals surface area contributed by atoms with Crippen LogP contribution >= 0.6 is 23.1 Å². The van der Waals surface area contributed by atoms with Gasteiger partial charge in [0.1, 0.15) is 16.4 Å². The number of carbonyl (C=O) groups is 3. The van der Waals surface area contributed by atoms with E-state index in [0.29, 0.717) is 48.8 Å². The van der Waals surface area contributed by atoms with Crippen LogP contribution in [0.5, 0.6) is 0 Å². The molecule has 2 aliphatic rings. The molecular weight excluding hydrogens is 434 g/mol.